The Hall–Kier alpha value is -0.840. The van der Waals surface area contributed by atoms with Crippen molar-refractivity contribution in [2.45, 2.75) is 12.8 Å². The molecule has 2 heterocycles. The van der Waals surface area contributed by atoms with Gasteiger partial charge in [-0.1, -0.05) is 11.6 Å². The normalized spacial score (nSPS) is 16.7. The number of aromatic nitrogens is 1. The third-order valence-electron chi connectivity index (χ3n) is 2.94. The van der Waals surface area contributed by atoms with Gasteiger partial charge in [0.2, 0.25) is 5.88 Å². The summed E-state index contributed by atoms with van der Waals surface area (Å²) >= 11 is 5.95. The van der Waals surface area contributed by atoms with Crippen molar-refractivity contribution in [3.8, 4) is 5.88 Å². The zero-order chi connectivity index (χ0) is 12.6. The van der Waals surface area contributed by atoms with E-state index in [1.54, 1.807) is 18.3 Å². The van der Waals surface area contributed by atoms with Gasteiger partial charge in [0.25, 0.3) is 0 Å². The molecule has 0 aliphatic carbocycles. The number of unbranched alkanes of at least 4 members (excludes halogenated alkanes) is 1. The highest BCUT2D eigenvalue weighted by atomic mass is 35.5. The number of hydrogen-bond donors (Lipinski definition) is 0. The lowest BCUT2D eigenvalue weighted by Crippen LogP contribution is -2.36. The number of pyridine rings is 1. The molecule has 0 N–H and O–H groups in total. The molecular weight excluding hydrogens is 252 g/mol. The maximum Gasteiger partial charge on any atom is 0.232 e. The van der Waals surface area contributed by atoms with Crippen molar-refractivity contribution in [1.29, 1.82) is 0 Å². The minimum atomic E-state index is 0.533. The molecule has 1 aliphatic heterocycles. The quantitative estimate of drug-likeness (QED) is 0.743. The Morgan fingerprint density at radius 2 is 2.17 bits per heavy atom. The third kappa shape index (κ3) is 4.44. The number of rotatable bonds is 6. The molecule has 0 radical (unpaired) electrons. The predicted molar refractivity (Wildman–Crippen MR) is 71.2 cm³/mol. The number of hydrogen-bond acceptors (Lipinski definition) is 4. The van der Waals surface area contributed by atoms with E-state index in [-0.39, 0.29) is 0 Å². The predicted octanol–water partition coefficient (Wildman–Crippen LogP) is 2.23. The highest BCUT2D eigenvalue weighted by Crippen LogP contribution is 2.19. The Morgan fingerprint density at radius 3 is 2.94 bits per heavy atom. The summed E-state index contributed by atoms with van der Waals surface area (Å²) in [6.07, 6.45) is 3.84. The van der Waals surface area contributed by atoms with Gasteiger partial charge in [-0.15, -0.1) is 0 Å². The van der Waals surface area contributed by atoms with Crippen molar-refractivity contribution in [3.05, 3.63) is 23.4 Å². The van der Waals surface area contributed by atoms with Gasteiger partial charge in [0.15, 0.2) is 0 Å². The zero-order valence-electron chi connectivity index (χ0n) is 10.5. The molecule has 4 nitrogen and oxygen atoms in total. The van der Waals surface area contributed by atoms with E-state index in [4.69, 9.17) is 21.1 Å². The molecule has 0 bridgehead atoms. The van der Waals surface area contributed by atoms with Gasteiger partial charge in [0.1, 0.15) is 5.02 Å². The standard InChI is InChI=1S/C13H19ClN2O2/c14-12-4-3-5-15-13(12)18-9-2-1-6-16-7-10-17-11-8-16/h3-5H,1-2,6-11H2. The molecule has 5 heteroatoms. The van der Waals surface area contributed by atoms with E-state index >= 15 is 0 Å². The fourth-order valence-corrected chi connectivity index (χ4v) is 2.08. The Kier molecular flexibility index (Phi) is 5.71. The molecule has 0 atom stereocenters. The van der Waals surface area contributed by atoms with Gasteiger partial charge in [0.05, 0.1) is 19.8 Å². The van der Waals surface area contributed by atoms with Crippen LogP contribution in [0.15, 0.2) is 18.3 Å². The molecule has 1 aliphatic rings. The van der Waals surface area contributed by atoms with Gasteiger partial charge < -0.3 is 9.47 Å². The molecule has 1 fully saturated rings. The summed E-state index contributed by atoms with van der Waals surface area (Å²) in [5.74, 6) is 0.533. The lowest BCUT2D eigenvalue weighted by molar-refractivity contribution is 0.0367. The summed E-state index contributed by atoms with van der Waals surface area (Å²) in [5, 5.41) is 0.575. The van der Waals surface area contributed by atoms with E-state index in [0.717, 1.165) is 45.7 Å². The molecule has 0 amide bonds. The minimum Gasteiger partial charge on any atom is -0.477 e. The molecule has 0 spiro atoms. The van der Waals surface area contributed by atoms with Crippen molar-refractivity contribution in [2.24, 2.45) is 0 Å². The molecule has 1 aromatic rings. The van der Waals surface area contributed by atoms with Crippen LogP contribution in [0, 0.1) is 0 Å². The first kappa shape index (κ1) is 13.6. The average Bonchev–Trinajstić information content (AvgIpc) is 2.42. The highest BCUT2D eigenvalue weighted by molar-refractivity contribution is 6.31. The largest absolute Gasteiger partial charge is 0.477 e. The van der Waals surface area contributed by atoms with Gasteiger partial charge in [-0.05, 0) is 31.5 Å². The monoisotopic (exact) mass is 270 g/mol. The summed E-state index contributed by atoms with van der Waals surface area (Å²) in [6.45, 7) is 5.60. The second kappa shape index (κ2) is 7.56. The minimum absolute atomic E-state index is 0.533. The summed E-state index contributed by atoms with van der Waals surface area (Å²) in [4.78, 5) is 6.51. The summed E-state index contributed by atoms with van der Waals surface area (Å²) in [6, 6.07) is 3.59. The average molecular weight is 271 g/mol. The van der Waals surface area contributed by atoms with E-state index in [9.17, 15) is 0 Å². The smallest absolute Gasteiger partial charge is 0.232 e. The van der Waals surface area contributed by atoms with E-state index < -0.39 is 0 Å². The molecule has 0 aromatic carbocycles. The number of ether oxygens (including phenoxy) is 2. The molecule has 2 rings (SSSR count). The van der Waals surface area contributed by atoms with Crippen molar-refractivity contribution < 1.29 is 9.47 Å². The van der Waals surface area contributed by atoms with Crippen molar-refractivity contribution in [3.63, 3.8) is 0 Å². The molecule has 1 aromatic heterocycles. The number of nitrogens with zero attached hydrogens (tertiary/aromatic N) is 2. The Bertz CT molecular complexity index is 357. The van der Waals surface area contributed by atoms with E-state index in [1.807, 2.05) is 0 Å². The maximum absolute atomic E-state index is 5.95. The first-order valence-electron chi connectivity index (χ1n) is 6.39. The maximum atomic E-state index is 5.95. The lowest BCUT2D eigenvalue weighted by Gasteiger charge is -2.26. The van der Waals surface area contributed by atoms with Crippen LogP contribution in [-0.2, 0) is 4.74 Å². The Labute approximate surface area is 113 Å². The van der Waals surface area contributed by atoms with Crippen LogP contribution in [0.5, 0.6) is 5.88 Å². The molecule has 100 valence electrons. The molecular formula is C13H19ClN2O2. The van der Waals surface area contributed by atoms with Gasteiger partial charge in [0, 0.05) is 19.3 Å². The van der Waals surface area contributed by atoms with Gasteiger partial charge in [-0.25, -0.2) is 4.98 Å². The van der Waals surface area contributed by atoms with Crippen molar-refractivity contribution in [1.82, 2.24) is 9.88 Å². The highest BCUT2D eigenvalue weighted by Gasteiger charge is 2.09. The fraction of sp³-hybridized carbons (Fsp3) is 0.615. The van der Waals surface area contributed by atoms with Crippen LogP contribution in [0.1, 0.15) is 12.8 Å². The summed E-state index contributed by atoms with van der Waals surface area (Å²) < 4.78 is 10.8. The van der Waals surface area contributed by atoms with E-state index in [2.05, 4.69) is 9.88 Å². The zero-order valence-corrected chi connectivity index (χ0v) is 11.2. The van der Waals surface area contributed by atoms with Gasteiger partial charge >= 0.3 is 0 Å². The second-order valence-corrected chi connectivity index (χ2v) is 4.71. The van der Waals surface area contributed by atoms with Crippen LogP contribution in [0.2, 0.25) is 5.02 Å². The van der Waals surface area contributed by atoms with E-state index in [0.29, 0.717) is 17.5 Å². The van der Waals surface area contributed by atoms with Crippen LogP contribution >= 0.6 is 11.6 Å². The fourth-order valence-electron chi connectivity index (χ4n) is 1.91. The van der Waals surface area contributed by atoms with Crippen molar-refractivity contribution >= 4 is 11.6 Å². The topological polar surface area (TPSA) is 34.6 Å². The Balaban J connectivity index is 1.57. The SMILES string of the molecule is Clc1cccnc1OCCCCN1CCOCC1. The molecule has 0 unspecified atom stereocenters. The number of halogens is 1. The van der Waals surface area contributed by atoms with Gasteiger partial charge in [-0.2, -0.15) is 0 Å². The van der Waals surface area contributed by atoms with Crippen LogP contribution in [0.3, 0.4) is 0 Å². The molecule has 1 saturated heterocycles. The Morgan fingerprint density at radius 1 is 1.33 bits per heavy atom. The third-order valence-corrected chi connectivity index (χ3v) is 3.22. The lowest BCUT2D eigenvalue weighted by atomic mass is 10.3. The van der Waals surface area contributed by atoms with E-state index in [1.165, 1.54) is 0 Å². The van der Waals surface area contributed by atoms with Crippen LogP contribution in [-0.4, -0.2) is 49.3 Å². The first-order valence-corrected chi connectivity index (χ1v) is 6.77. The summed E-state index contributed by atoms with van der Waals surface area (Å²) in [7, 11) is 0. The molecule has 18 heavy (non-hydrogen) atoms. The molecule has 0 saturated carbocycles. The van der Waals surface area contributed by atoms with Crippen LogP contribution in [0.4, 0.5) is 0 Å². The second-order valence-electron chi connectivity index (χ2n) is 4.30. The van der Waals surface area contributed by atoms with Crippen LogP contribution in [0.25, 0.3) is 0 Å². The van der Waals surface area contributed by atoms with Crippen molar-refractivity contribution in [2.75, 3.05) is 39.5 Å². The first-order chi connectivity index (χ1) is 8.86. The number of morpholine rings is 1. The van der Waals surface area contributed by atoms with Crippen LogP contribution < -0.4 is 4.74 Å². The summed E-state index contributed by atoms with van der Waals surface area (Å²) in [5.41, 5.74) is 0. The van der Waals surface area contributed by atoms with Gasteiger partial charge in [-0.3, -0.25) is 4.90 Å².